The van der Waals surface area contributed by atoms with Crippen LogP contribution in [0.4, 0.5) is 0 Å². The summed E-state index contributed by atoms with van der Waals surface area (Å²) in [4.78, 5) is 2.72. The number of unbranched alkanes of at least 4 members (excludes halogenated alkanes) is 1. The quantitative estimate of drug-likeness (QED) is 0.810. The van der Waals surface area contributed by atoms with E-state index in [1.165, 1.54) is 64.6 Å². The number of nitrogens with one attached hydrogen (secondary N) is 1. The van der Waals surface area contributed by atoms with Gasteiger partial charge in [-0.25, -0.2) is 0 Å². The SMILES string of the molecule is CCCCN1CC(C2CCCCC2)NCC1C. The highest BCUT2D eigenvalue weighted by molar-refractivity contribution is 4.88. The first kappa shape index (κ1) is 13.4. The summed E-state index contributed by atoms with van der Waals surface area (Å²) in [6.07, 6.45) is 10.0. The second-order valence-corrected chi connectivity index (χ2v) is 6.11. The van der Waals surface area contributed by atoms with Gasteiger partial charge in [-0.1, -0.05) is 32.6 Å². The maximum Gasteiger partial charge on any atom is 0.0224 e. The Hall–Kier alpha value is -0.0800. The minimum Gasteiger partial charge on any atom is -0.311 e. The van der Waals surface area contributed by atoms with Crippen molar-refractivity contribution >= 4 is 0 Å². The molecule has 100 valence electrons. The van der Waals surface area contributed by atoms with Crippen LogP contribution in [0.3, 0.4) is 0 Å². The summed E-state index contributed by atoms with van der Waals surface area (Å²) in [6.45, 7) is 8.48. The Morgan fingerprint density at radius 3 is 2.65 bits per heavy atom. The van der Waals surface area contributed by atoms with Crippen molar-refractivity contribution in [2.24, 2.45) is 5.92 Å². The van der Waals surface area contributed by atoms with Gasteiger partial charge in [0.05, 0.1) is 0 Å². The average molecular weight is 238 g/mol. The minimum atomic E-state index is 0.737. The van der Waals surface area contributed by atoms with Crippen molar-refractivity contribution in [3.8, 4) is 0 Å². The van der Waals surface area contributed by atoms with Crippen molar-refractivity contribution in [2.45, 2.75) is 70.9 Å². The molecule has 2 unspecified atom stereocenters. The fourth-order valence-electron chi connectivity index (χ4n) is 3.47. The van der Waals surface area contributed by atoms with E-state index in [0.29, 0.717) is 0 Å². The van der Waals surface area contributed by atoms with Gasteiger partial charge in [0.25, 0.3) is 0 Å². The summed E-state index contributed by atoms with van der Waals surface area (Å²) in [5.74, 6) is 0.959. The van der Waals surface area contributed by atoms with Crippen molar-refractivity contribution in [1.29, 1.82) is 0 Å². The Morgan fingerprint density at radius 2 is 1.94 bits per heavy atom. The first-order valence-electron chi connectivity index (χ1n) is 7.78. The zero-order valence-corrected chi connectivity index (χ0v) is 11.8. The molecule has 0 aromatic carbocycles. The van der Waals surface area contributed by atoms with Gasteiger partial charge in [0.2, 0.25) is 0 Å². The third-order valence-electron chi connectivity index (χ3n) is 4.75. The predicted octanol–water partition coefficient (Wildman–Crippen LogP) is 3.03. The molecule has 1 N–H and O–H groups in total. The van der Waals surface area contributed by atoms with Crippen LogP contribution in [0.2, 0.25) is 0 Å². The lowest BCUT2D eigenvalue weighted by Crippen LogP contribution is -2.58. The van der Waals surface area contributed by atoms with Gasteiger partial charge in [-0.3, -0.25) is 4.90 Å². The Kier molecular flexibility index (Phi) is 5.30. The van der Waals surface area contributed by atoms with E-state index in [9.17, 15) is 0 Å². The highest BCUT2D eigenvalue weighted by Crippen LogP contribution is 2.28. The monoisotopic (exact) mass is 238 g/mol. The molecule has 0 amide bonds. The van der Waals surface area contributed by atoms with E-state index in [4.69, 9.17) is 0 Å². The Bertz CT molecular complexity index is 211. The maximum atomic E-state index is 3.80. The summed E-state index contributed by atoms with van der Waals surface area (Å²) < 4.78 is 0. The number of hydrogen-bond acceptors (Lipinski definition) is 2. The number of rotatable bonds is 4. The van der Waals surface area contributed by atoms with Gasteiger partial charge in [0.1, 0.15) is 0 Å². The lowest BCUT2D eigenvalue weighted by molar-refractivity contribution is 0.103. The van der Waals surface area contributed by atoms with Gasteiger partial charge < -0.3 is 5.32 Å². The molecule has 0 bridgehead atoms. The molecule has 0 aromatic heterocycles. The van der Waals surface area contributed by atoms with Crippen molar-refractivity contribution in [3.05, 3.63) is 0 Å². The Balaban J connectivity index is 1.83. The molecule has 2 heteroatoms. The normalized spacial score (nSPS) is 32.8. The van der Waals surface area contributed by atoms with Gasteiger partial charge in [0.15, 0.2) is 0 Å². The topological polar surface area (TPSA) is 15.3 Å². The summed E-state index contributed by atoms with van der Waals surface area (Å²) in [5.41, 5.74) is 0. The molecule has 1 saturated heterocycles. The highest BCUT2D eigenvalue weighted by Gasteiger charge is 2.30. The fraction of sp³-hybridized carbons (Fsp3) is 1.00. The lowest BCUT2D eigenvalue weighted by Gasteiger charge is -2.43. The number of piperazine rings is 1. The van der Waals surface area contributed by atoms with Crippen molar-refractivity contribution < 1.29 is 0 Å². The third kappa shape index (κ3) is 3.69. The van der Waals surface area contributed by atoms with Crippen LogP contribution < -0.4 is 5.32 Å². The van der Waals surface area contributed by atoms with Crippen LogP contribution in [-0.2, 0) is 0 Å². The van der Waals surface area contributed by atoms with Crippen molar-refractivity contribution in [3.63, 3.8) is 0 Å². The van der Waals surface area contributed by atoms with E-state index >= 15 is 0 Å². The number of nitrogens with zero attached hydrogens (tertiary/aromatic N) is 1. The third-order valence-corrected chi connectivity index (χ3v) is 4.75. The first-order chi connectivity index (χ1) is 8.31. The zero-order valence-electron chi connectivity index (χ0n) is 11.8. The minimum absolute atomic E-state index is 0.737. The molecule has 0 radical (unpaired) electrons. The van der Waals surface area contributed by atoms with Crippen LogP contribution in [0.25, 0.3) is 0 Å². The molecule has 0 aromatic rings. The first-order valence-corrected chi connectivity index (χ1v) is 7.78. The van der Waals surface area contributed by atoms with Crippen molar-refractivity contribution in [1.82, 2.24) is 10.2 Å². The van der Waals surface area contributed by atoms with Gasteiger partial charge in [0, 0.05) is 25.2 Å². The van der Waals surface area contributed by atoms with E-state index in [1.807, 2.05) is 0 Å². The van der Waals surface area contributed by atoms with Gasteiger partial charge in [-0.2, -0.15) is 0 Å². The van der Waals surface area contributed by atoms with E-state index in [2.05, 4.69) is 24.1 Å². The smallest absolute Gasteiger partial charge is 0.0224 e. The molecule has 1 saturated carbocycles. The van der Waals surface area contributed by atoms with E-state index in [1.54, 1.807) is 0 Å². The van der Waals surface area contributed by atoms with E-state index in [0.717, 1.165) is 18.0 Å². The van der Waals surface area contributed by atoms with Crippen LogP contribution in [-0.4, -0.2) is 36.6 Å². The van der Waals surface area contributed by atoms with Gasteiger partial charge >= 0.3 is 0 Å². The molecule has 1 aliphatic heterocycles. The van der Waals surface area contributed by atoms with Crippen molar-refractivity contribution in [2.75, 3.05) is 19.6 Å². The molecule has 0 spiro atoms. The Morgan fingerprint density at radius 1 is 1.18 bits per heavy atom. The molecule has 2 nitrogen and oxygen atoms in total. The summed E-state index contributed by atoms with van der Waals surface area (Å²) in [5, 5.41) is 3.80. The van der Waals surface area contributed by atoms with Crippen LogP contribution in [0.5, 0.6) is 0 Å². The standard InChI is InChI=1S/C15H30N2/c1-3-4-10-17-12-15(16-11-13(17)2)14-8-6-5-7-9-14/h13-16H,3-12H2,1-2H3. The molecular weight excluding hydrogens is 208 g/mol. The molecule has 1 aliphatic carbocycles. The zero-order chi connectivity index (χ0) is 12.1. The Labute approximate surface area is 107 Å². The molecule has 2 rings (SSSR count). The van der Waals surface area contributed by atoms with Crippen LogP contribution in [0.15, 0.2) is 0 Å². The molecular formula is C15H30N2. The predicted molar refractivity (Wildman–Crippen MR) is 74.3 cm³/mol. The van der Waals surface area contributed by atoms with Crippen LogP contribution in [0, 0.1) is 5.92 Å². The largest absolute Gasteiger partial charge is 0.311 e. The van der Waals surface area contributed by atoms with E-state index < -0.39 is 0 Å². The van der Waals surface area contributed by atoms with Gasteiger partial charge in [-0.15, -0.1) is 0 Å². The van der Waals surface area contributed by atoms with E-state index in [-0.39, 0.29) is 0 Å². The lowest BCUT2D eigenvalue weighted by atomic mass is 9.82. The second kappa shape index (κ2) is 6.75. The summed E-state index contributed by atoms with van der Waals surface area (Å²) >= 11 is 0. The second-order valence-electron chi connectivity index (χ2n) is 6.11. The van der Waals surface area contributed by atoms with Crippen LogP contribution >= 0.6 is 0 Å². The average Bonchev–Trinajstić information content (AvgIpc) is 2.39. The molecule has 1 heterocycles. The fourth-order valence-corrected chi connectivity index (χ4v) is 3.47. The molecule has 17 heavy (non-hydrogen) atoms. The highest BCUT2D eigenvalue weighted by atomic mass is 15.2. The van der Waals surface area contributed by atoms with Crippen LogP contribution in [0.1, 0.15) is 58.8 Å². The molecule has 2 atom stereocenters. The summed E-state index contributed by atoms with van der Waals surface area (Å²) in [6, 6.07) is 1.52. The summed E-state index contributed by atoms with van der Waals surface area (Å²) in [7, 11) is 0. The molecule has 2 aliphatic rings. The molecule has 2 fully saturated rings. The van der Waals surface area contributed by atoms with Gasteiger partial charge in [-0.05, 0) is 38.6 Å². The maximum absolute atomic E-state index is 3.80. The number of hydrogen-bond donors (Lipinski definition) is 1.